The summed E-state index contributed by atoms with van der Waals surface area (Å²) in [6, 6.07) is 14.1. The van der Waals surface area contributed by atoms with Crippen LogP contribution >= 0.6 is 0 Å². The van der Waals surface area contributed by atoms with Crippen LogP contribution in [0.25, 0.3) is 0 Å². The zero-order valence-electron chi connectivity index (χ0n) is 12.8. The fourth-order valence-corrected chi connectivity index (χ4v) is 2.14. The summed E-state index contributed by atoms with van der Waals surface area (Å²) in [6.07, 6.45) is 1.19. The van der Waals surface area contributed by atoms with Gasteiger partial charge in [-0.3, -0.25) is 9.59 Å². The molecule has 0 aliphatic heterocycles. The predicted octanol–water partition coefficient (Wildman–Crippen LogP) is 3.66. The number of ether oxygens (including phenoxy) is 1. The molecule has 0 heterocycles. The van der Waals surface area contributed by atoms with Gasteiger partial charge in [-0.15, -0.1) is 0 Å². The van der Waals surface area contributed by atoms with E-state index in [0.717, 1.165) is 6.42 Å². The molecule has 4 nitrogen and oxygen atoms in total. The van der Waals surface area contributed by atoms with Gasteiger partial charge >= 0.3 is 0 Å². The van der Waals surface area contributed by atoms with Gasteiger partial charge in [-0.2, -0.15) is 0 Å². The molecular weight excluding hydrogens is 278 g/mol. The van der Waals surface area contributed by atoms with Crippen molar-refractivity contribution < 1.29 is 14.3 Å². The average molecular weight is 297 g/mol. The number of benzene rings is 2. The van der Waals surface area contributed by atoms with E-state index in [0.29, 0.717) is 29.0 Å². The molecule has 0 aromatic heterocycles. The number of methoxy groups -OCH3 is 1. The molecule has 0 radical (unpaired) electrons. The third-order valence-electron chi connectivity index (χ3n) is 3.25. The van der Waals surface area contributed by atoms with Gasteiger partial charge in [0.2, 0.25) is 5.91 Å². The molecule has 0 saturated carbocycles. The van der Waals surface area contributed by atoms with Crippen molar-refractivity contribution in [1.29, 1.82) is 0 Å². The highest BCUT2D eigenvalue weighted by Crippen LogP contribution is 2.27. The number of carbonyl (C=O) groups is 2. The second-order valence-corrected chi connectivity index (χ2v) is 4.91. The Bertz CT molecular complexity index is 665. The monoisotopic (exact) mass is 297 g/mol. The predicted molar refractivity (Wildman–Crippen MR) is 86.4 cm³/mol. The molecule has 1 amide bonds. The zero-order valence-corrected chi connectivity index (χ0v) is 12.8. The van der Waals surface area contributed by atoms with Crippen LogP contribution in [-0.4, -0.2) is 18.8 Å². The van der Waals surface area contributed by atoms with Gasteiger partial charge in [0, 0.05) is 17.5 Å². The van der Waals surface area contributed by atoms with Crippen molar-refractivity contribution in [2.24, 2.45) is 0 Å². The molecule has 4 heteroatoms. The maximum atomic E-state index is 12.5. The van der Waals surface area contributed by atoms with Crippen molar-refractivity contribution >= 4 is 17.4 Å². The van der Waals surface area contributed by atoms with Gasteiger partial charge < -0.3 is 10.1 Å². The standard InChI is InChI=1S/C18H19NO3/c1-3-7-17(20)19-15-12-14(10-11-16(15)22-2)18(21)13-8-5-4-6-9-13/h4-6,8-12H,3,7H2,1-2H3,(H,19,20). The minimum atomic E-state index is -0.0925. The molecule has 0 fully saturated rings. The number of hydrogen-bond donors (Lipinski definition) is 1. The van der Waals surface area contributed by atoms with Crippen LogP contribution in [0, 0.1) is 0 Å². The van der Waals surface area contributed by atoms with Gasteiger partial charge in [0.05, 0.1) is 12.8 Å². The number of nitrogens with one attached hydrogen (secondary N) is 1. The third kappa shape index (κ3) is 3.73. The second-order valence-electron chi connectivity index (χ2n) is 4.91. The van der Waals surface area contributed by atoms with Crippen molar-refractivity contribution in [3.05, 3.63) is 59.7 Å². The Hall–Kier alpha value is -2.62. The number of amides is 1. The Balaban J connectivity index is 2.30. The Morgan fingerprint density at radius 2 is 1.77 bits per heavy atom. The minimum absolute atomic E-state index is 0.0887. The molecule has 0 aliphatic rings. The van der Waals surface area contributed by atoms with Gasteiger partial charge in [-0.05, 0) is 24.6 Å². The summed E-state index contributed by atoms with van der Waals surface area (Å²) in [4.78, 5) is 24.2. The normalized spacial score (nSPS) is 10.1. The van der Waals surface area contributed by atoms with Crippen molar-refractivity contribution in [3.63, 3.8) is 0 Å². The zero-order chi connectivity index (χ0) is 15.9. The molecular formula is C18H19NO3. The Morgan fingerprint density at radius 1 is 1.05 bits per heavy atom. The van der Waals surface area contributed by atoms with Crippen LogP contribution < -0.4 is 10.1 Å². The number of hydrogen-bond acceptors (Lipinski definition) is 3. The van der Waals surface area contributed by atoms with E-state index in [9.17, 15) is 9.59 Å². The number of anilines is 1. The molecule has 1 N–H and O–H groups in total. The van der Waals surface area contributed by atoms with E-state index in [-0.39, 0.29) is 11.7 Å². The van der Waals surface area contributed by atoms with E-state index < -0.39 is 0 Å². The van der Waals surface area contributed by atoms with E-state index >= 15 is 0 Å². The first-order valence-electron chi connectivity index (χ1n) is 7.23. The van der Waals surface area contributed by atoms with Crippen molar-refractivity contribution in [2.75, 3.05) is 12.4 Å². The summed E-state index contributed by atoms with van der Waals surface area (Å²) in [5.74, 6) is 0.355. The van der Waals surface area contributed by atoms with Gasteiger partial charge in [0.25, 0.3) is 0 Å². The lowest BCUT2D eigenvalue weighted by Crippen LogP contribution is -2.12. The first-order valence-corrected chi connectivity index (χ1v) is 7.23. The summed E-state index contributed by atoms with van der Waals surface area (Å²) in [5, 5.41) is 2.79. The van der Waals surface area contributed by atoms with Crippen LogP contribution in [0.5, 0.6) is 5.75 Å². The highest BCUT2D eigenvalue weighted by Gasteiger charge is 2.13. The molecule has 0 aliphatic carbocycles. The molecule has 2 rings (SSSR count). The minimum Gasteiger partial charge on any atom is -0.495 e. The largest absolute Gasteiger partial charge is 0.495 e. The van der Waals surface area contributed by atoms with Crippen molar-refractivity contribution in [3.8, 4) is 5.75 Å². The van der Waals surface area contributed by atoms with E-state index in [2.05, 4.69) is 5.32 Å². The van der Waals surface area contributed by atoms with Crippen molar-refractivity contribution in [2.45, 2.75) is 19.8 Å². The Kier molecular flexibility index (Phi) is 5.31. The van der Waals surface area contributed by atoms with Crippen LogP contribution in [0.4, 0.5) is 5.69 Å². The molecule has 2 aromatic rings. The first kappa shape index (κ1) is 15.8. The van der Waals surface area contributed by atoms with E-state index in [1.165, 1.54) is 7.11 Å². The average Bonchev–Trinajstić information content (AvgIpc) is 2.55. The van der Waals surface area contributed by atoms with Crippen LogP contribution in [0.2, 0.25) is 0 Å². The summed E-state index contributed by atoms with van der Waals surface area (Å²) in [7, 11) is 1.53. The smallest absolute Gasteiger partial charge is 0.224 e. The van der Waals surface area contributed by atoms with E-state index in [1.54, 1.807) is 30.3 Å². The molecule has 0 atom stereocenters. The molecule has 22 heavy (non-hydrogen) atoms. The van der Waals surface area contributed by atoms with Crippen LogP contribution in [0.15, 0.2) is 48.5 Å². The van der Waals surface area contributed by atoms with Crippen LogP contribution in [-0.2, 0) is 4.79 Å². The van der Waals surface area contributed by atoms with Crippen LogP contribution in [0.1, 0.15) is 35.7 Å². The SMILES string of the molecule is CCCC(=O)Nc1cc(C(=O)c2ccccc2)ccc1OC. The highest BCUT2D eigenvalue weighted by atomic mass is 16.5. The number of ketones is 1. The fourth-order valence-electron chi connectivity index (χ4n) is 2.14. The molecule has 0 saturated heterocycles. The first-order chi connectivity index (χ1) is 10.7. The topological polar surface area (TPSA) is 55.4 Å². The summed E-state index contributed by atoms with van der Waals surface area (Å²) in [5.41, 5.74) is 1.64. The number of rotatable bonds is 6. The van der Waals surface area contributed by atoms with Crippen LogP contribution in [0.3, 0.4) is 0 Å². The molecule has 0 unspecified atom stereocenters. The number of carbonyl (C=O) groups excluding carboxylic acids is 2. The maximum absolute atomic E-state index is 12.5. The van der Waals surface area contributed by atoms with Gasteiger partial charge in [-0.25, -0.2) is 0 Å². The van der Waals surface area contributed by atoms with Crippen molar-refractivity contribution in [1.82, 2.24) is 0 Å². The van der Waals surface area contributed by atoms with Gasteiger partial charge in [0.15, 0.2) is 5.78 Å². The second kappa shape index (κ2) is 7.41. The lowest BCUT2D eigenvalue weighted by Gasteiger charge is -2.11. The fraction of sp³-hybridized carbons (Fsp3) is 0.222. The quantitative estimate of drug-likeness (QED) is 0.828. The third-order valence-corrected chi connectivity index (χ3v) is 3.25. The lowest BCUT2D eigenvalue weighted by molar-refractivity contribution is -0.116. The lowest BCUT2D eigenvalue weighted by atomic mass is 10.0. The summed E-state index contributed by atoms with van der Waals surface area (Å²) < 4.78 is 5.24. The van der Waals surface area contributed by atoms with E-state index in [1.807, 2.05) is 25.1 Å². The molecule has 0 bridgehead atoms. The Morgan fingerprint density at radius 3 is 2.41 bits per heavy atom. The van der Waals surface area contributed by atoms with E-state index in [4.69, 9.17) is 4.74 Å². The molecule has 0 spiro atoms. The van der Waals surface area contributed by atoms with Gasteiger partial charge in [-0.1, -0.05) is 37.3 Å². The summed E-state index contributed by atoms with van der Waals surface area (Å²) in [6.45, 7) is 1.94. The summed E-state index contributed by atoms with van der Waals surface area (Å²) >= 11 is 0. The maximum Gasteiger partial charge on any atom is 0.224 e. The molecule has 114 valence electrons. The van der Waals surface area contributed by atoms with Gasteiger partial charge in [0.1, 0.15) is 5.75 Å². The Labute approximate surface area is 130 Å². The highest BCUT2D eigenvalue weighted by molar-refractivity contribution is 6.10. The molecule has 2 aromatic carbocycles.